The number of alkyl halides is 3. The normalized spacial score (nSPS) is 15.7. The van der Waals surface area contributed by atoms with Gasteiger partial charge in [-0.15, -0.1) is 0 Å². The van der Waals surface area contributed by atoms with Crippen molar-refractivity contribution in [1.29, 1.82) is 0 Å². The summed E-state index contributed by atoms with van der Waals surface area (Å²) in [5, 5.41) is 9.25. The van der Waals surface area contributed by atoms with E-state index in [-0.39, 0.29) is 5.41 Å². The van der Waals surface area contributed by atoms with Crippen LogP contribution in [0, 0.1) is 0 Å². The van der Waals surface area contributed by atoms with Crippen molar-refractivity contribution in [2.75, 3.05) is 25.0 Å². The summed E-state index contributed by atoms with van der Waals surface area (Å²) in [7, 11) is 0. The molecule has 158 valence electrons. The molecule has 0 saturated carbocycles. The van der Waals surface area contributed by atoms with Crippen LogP contribution in [0.2, 0.25) is 5.02 Å². The van der Waals surface area contributed by atoms with Crippen LogP contribution in [-0.4, -0.2) is 24.6 Å². The van der Waals surface area contributed by atoms with Gasteiger partial charge in [0.05, 0.1) is 22.2 Å². The lowest BCUT2D eigenvalue weighted by Gasteiger charge is -2.42. The number of nitrogens with zero attached hydrogens (tertiary/aromatic N) is 1. The fourth-order valence-corrected chi connectivity index (χ4v) is 4.26. The van der Waals surface area contributed by atoms with Gasteiger partial charge in [0.15, 0.2) is 0 Å². The molecule has 7 heteroatoms. The quantitative estimate of drug-likeness (QED) is 0.407. The Morgan fingerprint density at radius 3 is 2.48 bits per heavy atom. The maximum Gasteiger partial charge on any atom is 0.416 e. The summed E-state index contributed by atoms with van der Waals surface area (Å²) in [4.78, 5) is 4.83. The number of para-hydroxylation sites is 1. The van der Waals surface area contributed by atoms with Crippen LogP contribution in [0.4, 0.5) is 18.9 Å². The number of nitrogens with one attached hydrogen (secondary N) is 2. The highest BCUT2D eigenvalue weighted by Crippen LogP contribution is 2.37. The van der Waals surface area contributed by atoms with E-state index in [1.165, 1.54) is 0 Å². The highest BCUT2D eigenvalue weighted by Gasteiger charge is 2.40. The molecule has 0 aliphatic carbocycles. The Morgan fingerprint density at radius 2 is 1.74 bits per heavy atom. The third-order valence-electron chi connectivity index (χ3n) is 5.93. The van der Waals surface area contributed by atoms with Crippen molar-refractivity contribution in [2.45, 2.75) is 11.6 Å². The summed E-state index contributed by atoms with van der Waals surface area (Å²) in [5.41, 5.74) is 1.26. The van der Waals surface area contributed by atoms with Gasteiger partial charge in [0, 0.05) is 41.1 Å². The number of halogens is 4. The standard InChI is InChI=1S/C24H19ClF3N3/c25-18-7-5-16-9-17(24(26,27)28)10-21(19(16)11-18)30-14-23(12-29-13-23)22-8-6-15-3-1-2-4-20(15)31-22/h1-11,29-30H,12-14H2. The first-order chi connectivity index (χ1) is 14.8. The molecule has 1 aliphatic heterocycles. The Bertz CT molecular complexity index is 1280. The monoisotopic (exact) mass is 441 g/mol. The molecule has 3 nitrogen and oxygen atoms in total. The van der Waals surface area contributed by atoms with Crippen LogP contribution in [0.1, 0.15) is 11.3 Å². The van der Waals surface area contributed by atoms with Gasteiger partial charge in [-0.3, -0.25) is 4.98 Å². The molecule has 0 amide bonds. The van der Waals surface area contributed by atoms with E-state index in [2.05, 4.69) is 10.6 Å². The molecule has 1 aromatic heterocycles. The molecule has 0 atom stereocenters. The van der Waals surface area contributed by atoms with Crippen LogP contribution >= 0.6 is 11.6 Å². The molecule has 0 bridgehead atoms. The Labute approximate surface area is 182 Å². The maximum atomic E-state index is 13.5. The SMILES string of the molecule is FC(F)(F)c1cc(NCC2(c3ccc4ccccc4n3)CNC2)c2cc(Cl)ccc2c1. The number of pyridine rings is 1. The van der Waals surface area contributed by atoms with Crippen LogP contribution < -0.4 is 10.6 Å². The second kappa shape index (κ2) is 7.39. The molecule has 1 fully saturated rings. The number of rotatable bonds is 4. The fourth-order valence-electron chi connectivity index (χ4n) is 4.09. The molecule has 0 unspecified atom stereocenters. The van der Waals surface area contributed by atoms with E-state index in [0.717, 1.165) is 28.7 Å². The van der Waals surface area contributed by atoms with Crippen molar-refractivity contribution >= 4 is 39.0 Å². The number of aromatic nitrogens is 1. The lowest BCUT2D eigenvalue weighted by atomic mass is 9.77. The zero-order valence-corrected chi connectivity index (χ0v) is 17.2. The van der Waals surface area contributed by atoms with Gasteiger partial charge in [-0.1, -0.05) is 41.9 Å². The Hall–Kier alpha value is -2.83. The molecule has 2 heterocycles. The minimum atomic E-state index is -4.43. The number of benzene rings is 3. The zero-order valence-electron chi connectivity index (χ0n) is 16.4. The van der Waals surface area contributed by atoms with Crippen LogP contribution in [-0.2, 0) is 11.6 Å². The molecule has 3 aromatic carbocycles. The topological polar surface area (TPSA) is 37.0 Å². The average Bonchev–Trinajstić information content (AvgIpc) is 2.72. The van der Waals surface area contributed by atoms with Gasteiger partial charge in [0.25, 0.3) is 0 Å². The Balaban J connectivity index is 1.52. The first-order valence-corrected chi connectivity index (χ1v) is 10.3. The molecule has 0 spiro atoms. The molecule has 31 heavy (non-hydrogen) atoms. The first kappa shape index (κ1) is 20.1. The van der Waals surface area contributed by atoms with Gasteiger partial charge in [-0.05, 0) is 41.8 Å². The van der Waals surface area contributed by atoms with E-state index in [1.807, 2.05) is 36.4 Å². The minimum Gasteiger partial charge on any atom is -0.383 e. The molecule has 0 radical (unpaired) electrons. The van der Waals surface area contributed by atoms with E-state index in [1.54, 1.807) is 18.2 Å². The van der Waals surface area contributed by atoms with Crippen molar-refractivity contribution in [2.24, 2.45) is 0 Å². The number of anilines is 1. The molecular formula is C24H19ClF3N3. The van der Waals surface area contributed by atoms with Crippen molar-refractivity contribution in [3.63, 3.8) is 0 Å². The third-order valence-corrected chi connectivity index (χ3v) is 6.16. The molecule has 4 aromatic rings. The molecule has 1 saturated heterocycles. The van der Waals surface area contributed by atoms with E-state index in [4.69, 9.17) is 16.6 Å². The maximum absolute atomic E-state index is 13.5. The third kappa shape index (κ3) is 3.70. The fraction of sp³-hybridized carbons (Fsp3) is 0.208. The molecule has 5 rings (SSSR count). The summed E-state index contributed by atoms with van der Waals surface area (Å²) >= 11 is 6.13. The van der Waals surface area contributed by atoms with Crippen LogP contribution in [0.5, 0.6) is 0 Å². The number of hydrogen-bond donors (Lipinski definition) is 2. The molecule has 1 aliphatic rings. The van der Waals surface area contributed by atoms with E-state index in [9.17, 15) is 13.2 Å². The second-order valence-corrected chi connectivity index (χ2v) is 8.45. The minimum absolute atomic E-state index is 0.302. The van der Waals surface area contributed by atoms with Gasteiger partial charge in [0.2, 0.25) is 0 Å². The van der Waals surface area contributed by atoms with Gasteiger partial charge < -0.3 is 10.6 Å². The largest absolute Gasteiger partial charge is 0.416 e. The second-order valence-electron chi connectivity index (χ2n) is 8.01. The summed E-state index contributed by atoms with van der Waals surface area (Å²) in [6, 6.07) is 19.2. The first-order valence-electron chi connectivity index (χ1n) is 9.96. The summed E-state index contributed by atoms with van der Waals surface area (Å²) in [6.45, 7) is 1.85. The highest BCUT2D eigenvalue weighted by molar-refractivity contribution is 6.31. The van der Waals surface area contributed by atoms with Crippen molar-refractivity contribution < 1.29 is 13.2 Å². The van der Waals surface area contributed by atoms with Crippen molar-refractivity contribution in [1.82, 2.24) is 10.3 Å². The van der Waals surface area contributed by atoms with Gasteiger partial charge in [0.1, 0.15) is 0 Å². The Kier molecular flexibility index (Phi) is 4.79. The molecular weight excluding hydrogens is 423 g/mol. The summed E-state index contributed by atoms with van der Waals surface area (Å²) < 4.78 is 40.4. The zero-order chi connectivity index (χ0) is 21.6. The van der Waals surface area contributed by atoms with Crippen molar-refractivity contribution in [3.05, 3.63) is 83.0 Å². The van der Waals surface area contributed by atoms with E-state index < -0.39 is 11.7 Å². The van der Waals surface area contributed by atoms with Crippen LogP contribution in [0.15, 0.2) is 66.7 Å². The van der Waals surface area contributed by atoms with Gasteiger partial charge in [-0.2, -0.15) is 13.2 Å². The van der Waals surface area contributed by atoms with Gasteiger partial charge >= 0.3 is 6.18 Å². The number of fused-ring (bicyclic) bond motifs is 2. The number of hydrogen-bond acceptors (Lipinski definition) is 3. The summed E-state index contributed by atoms with van der Waals surface area (Å²) in [5.74, 6) is 0. The van der Waals surface area contributed by atoms with Crippen LogP contribution in [0.25, 0.3) is 21.7 Å². The Morgan fingerprint density at radius 1 is 0.968 bits per heavy atom. The predicted octanol–water partition coefficient (Wildman–Crippen LogP) is 6.01. The lowest BCUT2D eigenvalue weighted by molar-refractivity contribution is -0.137. The predicted molar refractivity (Wildman–Crippen MR) is 119 cm³/mol. The highest BCUT2D eigenvalue weighted by atomic mass is 35.5. The van der Waals surface area contributed by atoms with E-state index in [0.29, 0.717) is 41.1 Å². The molecule has 2 N–H and O–H groups in total. The lowest BCUT2D eigenvalue weighted by Crippen LogP contribution is -2.60. The smallest absolute Gasteiger partial charge is 0.383 e. The van der Waals surface area contributed by atoms with Crippen LogP contribution in [0.3, 0.4) is 0 Å². The average molecular weight is 442 g/mol. The van der Waals surface area contributed by atoms with Gasteiger partial charge in [-0.25, -0.2) is 0 Å². The summed E-state index contributed by atoms with van der Waals surface area (Å²) in [6.07, 6.45) is -4.43. The van der Waals surface area contributed by atoms with E-state index >= 15 is 0 Å². The van der Waals surface area contributed by atoms with Crippen molar-refractivity contribution in [3.8, 4) is 0 Å².